The van der Waals surface area contributed by atoms with E-state index in [9.17, 15) is 9.59 Å². The number of carbonyl (C=O) groups excluding carboxylic acids is 1. The summed E-state index contributed by atoms with van der Waals surface area (Å²) in [5.74, 6) is 0.143. The van der Waals surface area contributed by atoms with E-state index in [0.29, 0.717) is 17.8 Å². The molecule has 0 fully saturated rings. The zero-order valence-electron chi connectivity index (χ0n) is 7.93. The third-order valence-corrected chi connectivity index (χ3v) is 1.90. The van der Waals surface area contributed by atoms with Crippen LogP contribution >= 0.6 is 12.2 Å². The van der Waals surface area contributed by atoms with Gasteiger partial charge in [-0.05, 0) is 18.6 Å². The predicted octanol–water partition coefficient (Wildman–Crippen LogP) is 0.953. The van der Waals surface area contributed by atoms with Crippen LogP contribution in [0.15, 0.2) is 4.79 Å². The summed E-state index contributed by atoms with van der Waals surface area (Å²) in [7, 11) is 0. The standard InChI is InChI=1S/C8H11N3O2S/c1-3-5-6(9-4(2)12)10-8(14)11-7(5)13/h3H2,1-2H3,(H3,9,10,11,12,13,14). The van der Waals surface area contributed by atoms with Crippen LogP contribution in [0.5, 0.6) is 0 Å². The second-order valence-corrected chi connectivity index (χ2v) is 3.20. The van der Waals surface area contributed by atoms with Gasteiger partial charge in [-0.1, -0.05) is 6.92 Å². The number of hydrogen-bond donors (Lipinski definition) is 3. The fourth-order valence-corrected chi connectivity index (χ4v) is 1.33. The van der Waals surface area contributed by atoms with E-state index >= 15 is 0 Å². The van der Waals surface area contributed by atoms with Gasteiger partial charge in [0.2, 0.25) is 5.91 Å². The number of amides is 1. The molecule has 0 spiro atoms. The lowest BCUT2D eigenvalue weighted by Crippen LogP contribution is -2.19. The molecular formula is C8H11N3O2S. The lowest BCUT2D eigenvalue weighted by Gasteiger charge is -2.06. The van der Waals surface area contributed by atoms with Crippen LogP contribution in [0, 0.1) is 4.77 Å². The van der Waals surface area contributed by atoms with Crippen LogP contribution in [0.4, 0.5) is 5.82 Å². The fourth-order valence-electron chi connectivity index (χ4n) is 1.13. The van der Waals surface area contributed by atoms with Crippen molar-refractivity contribution < 1.29 is 4.79 Å². The molecule has 0 unspecified atom stereocenters. The molecule has 0 saturated heterocycles. The van der Waals surface area contributed by atoms with Gasteiger partial charge in [-0.25, -0.2) is 0 Å². The van der Waals surface area contributed by atoms with Crippen molar-refractivity contribution in [3.8, 4) is 0 Å². The molecule has 3 N–H and O–H groups in total. The Labute approximate surface area is 85.6 Å². The van der Waals surface area contributed by atoms with E-state index in [1.165, 1.54) is 6.92 Å². The first-order valence-electron chi connectivity index (χ1n) is 4.17. The first-order valence-corrected chi connectivity index (χ1v) is 4.58. The molecule has 1 heterocycles. The van der Waals surface area contributed by atoms with Crippen LogP contribution in [0.1, 0.15) is 19.4 Å². The van der Waals surface area contributed by atoms with Gasteiger partial charge in [0.15, 0.2) is 4.77 Å². The van der Waals surface area contributed by atoms with Crippen LogP contribution in [-0.4, -0.2) is 15.9 Å². The van der Waals surface area contributed by atoms with Crippen molar-refractivity contribution in [2.45, 2.75) is 20.3 Å². The van der Waals surface area contributed by atoms with Gasteiger partial charge >= 0.3 is 0 Å². The Hall–Kier alpha value is -1.43. The number of hydrogen-bond acceptors (Lipinski definition) is 3. The number of anilines is 1. The van der Waals surface area contributed by atoms with Gasteiger partial charge in [-0.3, -0.25) is 14.6 Å². The van der Waals surface area contributed by atoms with E-state index < -0.39 is 0 Å². The molecule has 0 aliphatic rings. The van der Waals surface area contributed by atoms with Crippen LogP contribution in [-0.2, 0) is 11.2 Å². The highest BCUT2D eigenvalue weighted by Crippen LogP contribution is 2.06. The van der Waals surface area contributed by atoms with Gasteiger partial charge in [-0.15, -0.1) is 0 Å². The zero-order valence-corrected chi connectivity index (χ0v) is 8.75. The molecule has 0 atom stereocenters. The van der Waals surface area contributed by atoms with Gasteiger partial charge in [0.25, 0.3) is 5.56 Å². The van der Waals surface area contributed by atoms with Gasteiger partial charge in [0, 0.05) is 6.92 Å². The maximum absolute atomic E-state index is 11.4. The number of rotatable bonds is 2. The van der Waals surface area contributed by atoms with Crippen molar-refractivity contribution in [1.29, 1.82) is 0 Å². The first kappa shape index (κ1) is 10.6. The molecule has 5 nitrogen and oxygen atoms in total. The molecule has 14 heavy (non-hydrogen) atoms. The average molecular weight is 213 g/mol. The molecule has 6 heteroatoms. The van der Waals surface area contributed by atoms with Gasteiger partial charge < -0.3 is 10.3 Å². The maximum Gasteiger partial charge on any atom is 0.256 e. The van der Waals surface area contributed by atoms with Crippen LogP contribution < -0.4 is 10.9 Å². The highest BCUT2D eigenvalue weighted by molar-refractivity contribution is 7.71. The quantitative estimate of drug-likeness (QED) is 0.640. The van der Waals surface area contributed by atoms with Crippen LogP contribution in [0.2, 0.25) is 0 Å². The molecule has 1 aromatic heterocycles. The summed E-state index contributed by atoms with van der Waals surface area (Å²) in [6.45, 7) is 3.20. The summed E-state index contributed by atoms with van der Waals surface area (Å²) < 4.78 is 0.205. The Morgan fingerprint density at radius 2 is 2.14 bits per heavy atom. The number of H-pyrrole nitrogens is 2. The third kappa shape index (κ3) is 2.29. The monoisotopic (exact) mass is 213 g/mol. The minimum atomic E-state index is -0.264. The van der Waals surface area contributed by atoms with Crippen molar-refractivity contribution in [1.82, 2.24) is 9.97 Å². The summed E-state index contributed by atoms with van der Waals surface area (Å²) in [6.07, 6.45) is 0.525. The van der Waals surface area contributed by atoms with Crippen molar-refractivity contribution in [2.24, 2.45) is 0 Å². The summed E-state index contributed by atoms with van der Waals surface area (Å²) in [5.41, 5.74) is 0.230. The number of carbonyl (C=O) groups is 1. The molecule has 0 bridgehead atoms. The van der Waals surface area contributed by atoms with E-state index in [1.54, 1.807) is 0 Å². The minimum Gasteiger partial charge on any atom is -0.318 e. The van der Waals surface area contributed by atoms with Crippen LogP contribution in [0.3, 0.4) is 0 Å². The molecule has 0 aromatic carbocycles. The highest BCUT2D eigenvalue weighted by atomic mass is 32.1. The van der Waals surface area contributed by atoms with Crippen LogP contribution in [0.25, 0.3) is 0 Å². The fraction of sp³-hybridized carbons (Fsp3) is 0.375. The SMILES string of the molecule is CCc1c(NC(C)=O)[nH]c(=S)[nH]c1=O. The van der Waals surface area contributed by atoms with E-state index in [-0.39, 0.29) is 16.2 Å². The lowest BCUT2D eigenvalue weighted by molar-refractivity contribution is -0.114. The molecular weight excluding hydrogens is 202 g/mol. The zero-order chi connectivity index (χ0) is 10.7. The second kappa shape index (κ2) is 4.19. The molecule has 76 valence electrons. The van der Waals surface area contributed by atoms with E-state index in [0.717, 1.165) is 0 Å². The summed E-state index contributed by atoms with van der Waals surface area (Å²) >= 11 is 4.78. The number of aromatic nitrogens is 2. The largest absolute Gasteiger partial charge is 0.318 e. The van der Waals surface area contributed by atoms with E-state index in [2.05, 4.69) is 15.3 Å². The highest BCUT2D eigenvalue weighted by Gasteiger charge is 2.06. The first-order chi connectivity index (χ1) is 6.54. The number of nitrogens with one attached hydrogen (secondary N) is 3. The maximum atomic E-state index is 11.4. The molecule has 1 amide bonds. The Morgan fingerprint density at radius 3 is 2.64 bits per heavy atom. The van der Waals surface area contributed by atoms with E-state index in [1.807, 2.05) is 6.92 Å². The lowest BCUT2D eigenvalue weighted by atomic mass is 10.2. The molecule has 1 rings (SSSR count). The van der Waals surface area contributed by atoms with Crippen molar-refractivity contribution >= 4 is 23.9 Å². The molecule has 0 radical (unpaired) electrons. The third-order valence-electron chi connectivity index (χ3n) is 1.70. The minimum absolute atomic E-state index is 0.205. The van der Waals surface area contributed by atoms with Gasteiger partial charge in [-0.2, -0.15) is 0 Å². The summed E-state index contributed by atoms with van der Waals surface area (Å²) in [6, 6.07) is 0. The Bertz CT molecular complexity index is 460. The van der Waals surface area contributed by atoms with Crippen molar-refractivity contribution in [2.75, 3.05) is 5.32 Å². The Balaban J connectivity index is 3.32. The topological polar surface area (TPSA) is 77.8 Å². The number of aromatic amines is 2. The summed E-state index contributed by atoms with van der Waals surface area (Å²) in [5, 5.41) is 2.52. The predicted molar refractivity (Wildman–Crippen MR) is 55.9 cm³/mol. The van der Waals surface area contributed by atoms with E-state index in [4.69, 9.17) is 12.2 Å². The molecule has 1 aromatic rings. The Kier molecular flexibility index (Phi) is 3.19. The second-order valence-electron chi connectivity index (χ2n) is 2.80. The van der Waals surface area contributed by atoms with Gasteiger partial charge in [0.05, 0.1) is 5.56 Å². The van der Waals surface area contributed by atoms with Crippen molar-refractivity contribution in [3.63, 3.8) is 0 Å². The summed E-state index contributed by atoms with van der Waals surface area (Å²) in [4.78, 5) is 27.4. The Morgan fingerprint density at radius 1 is 1.50 bits per heavy atom. The van der Waals surface area contributed by atoms with Crippen molar-refractivity contribution in [3.05, 3.63) is 20.7 Å². The normalized spacial score (nSPS) is 9.86. The molecule has 0 aliphatic heterocycles. The molecule has 0 aliphatic carbocycles. The smallest absolute Gasteiger partial charge is 0.256 e. The molecule has 0 saturated carbocycles. The average Bonchev–Trinajstić information content (AvgIpc) is 2.01. The van der Waals surface area contributed by atoms with Gasteiger partial charge in [0.1, 0.15) is 5.82 Å².